The molecule has 1 aliphatic rings. The van der Waals surface area contributed by atoms with Crippen molar-refractivity contribution in [1.29, 1.82) is 0 Å². The third kappa shape index (κ3) is 6.58. The van der Waals surface area contributed by atoms with E-state index >= 15 is 0 Å². The Morgan fingerprint density at radius 2 is 1.60 bits per heavy atom. The van der Waals surface area contributed by atoms with Gasteiger partial charge in [-0.3, -0.25) is 4.79 Å². The van der Waals surface area contributed by atoms with Gasteiger partial charge in [-0.25, -0.2) is 9.59 Å². The Bertz CT molecular complexity index is 884. The fraction of sp³-hybridized carbons (Fsp3) is 0.458. The first kappa shape index (κ1) is 23.4. The van der Waals surface area contributed by atoms with Gasteiger partial charge < -0.3 is 14.4 Å². The summed E-state index contributed by atoms with van der Waals surface area (Å²) in [5.41, 5.74) is 0.415. The Morgan fingerprint density at radius 3 is 2.17 bits per heavy atom. The first-order chi connectivity index (χ1) is 13.8. The van der Waals surface area contributed by atoms with E-state index in [1.54, 1.807) is 52.6 Å². The summed E-state index contributed by atoms with van der Waals surface area (Å²) in [7, 11) is 0. The van der Waals surface area contributed by atoms with Gasteiger partial charge in [0.25, 0.3) is 0 Å². The molecule has 1 aromatic carbocycles. The van der Waals surface area contributed by atoms with Crippen molar-refractivity contribution in [2.75, 3.05) is 0 Å². The predicted molar refractivity (Wildman–Crippen MR) is 115 cm³/mol. The molecule has 0 spiro atoms. The van der Waals surface area contributed by atoms with Crippen molar-refractivity contribution in [3.8, 4) is 0 Å². The highest BCUT2D eigenvalue weighted by Crippen LogP contribution is 2.36. The molecule has 1 heterocycles. The summed E-state index contributed by atoms with van der Waals surface area (Å²) in [5, 5.41) is 0. The number of nitrogens with zero attached hydrogens (tertiary/aromatic N) is 1. The summed E-state index contributed by atoms with van der Waals surface area (Å²) in [6.07, 6.45) is 4.87. The Kier molecular flexibility index (Phi) is 6.91. The second-order valence-electron chi connectivity index (χ2n) is 9.34. The van der Waals surface area contributed by atoms with Crippen molar-refractivity contribution in [3.63, 3.8) is 0 Å². The van der Waals surface area contributed by atoms with Crippen LogP contribution < -0.4 is 0 Å². The normalized spacial score (nSPS) is 16.7. The van der Waals surface area contributed by atoms with E-state index in [0.717, 1.165) is 17.2 Å². The van der Waals surface area contributed by atoms with Crippen molar-refractivity contribution in [1.82, 2.24) is 4.90 Å². The molecule has 0 aromatic heterocycles. The highest BCUT2D eigenvalue weighted by atomic mass is 16.6. The number of ketones is 1. The first-order valence-electron chi connectivity index (χ1n) is 10.00. The zero-order valence-electron chi connectivity index (χ0n) is 18.8. The summed E-state index contributed by atoms with van der Waals surface area (Å²) in [6, 6.07) is 7.22. The molecule has 2 rings (SSSR count). The van der Waals surface area contributed by atoms with E-state index in [1.807, 2.05) is 30.3 Å². The van der Waals surface area contributed by atoms with Crippen LogP contribution in [0.15, 0.2) is 42.2 Å². The molecule has 0 radical (unpaired) electrons. The van der Waals surface area contributed by atoms with Crippen molar-refractivity contribution < 1.29 is 23.9 Å². The van der Waals surface area contributed by atoms with Crippen LogP contribution in [-0.2, 0) is 23.9 Å². The fourth-order valence-corrected chi connectivity index (χ4v) is 3.12. The lowest BCUT2D eigenvalue weighted by Gasteiger charge is -2.36. The zero-order valence-corrected chi connectivity index (χ0v) is 18.8. The van der Waals surface area contributed by atoms with E-state index in [-0.39, 0.29) is 17.9 Å². The minimum Gasteiger partial charge on any atom is -0.457 e. The topological polar surface area (TPSA) is 72.9 Å². The molecule has 0 N–H and O–H groups in total. The summed E-state index contributed by atoms with van der Waals surface area (Å²) >= 11 is 0. The molecular weight excluding hydrogens is 382 g/mol. The van der Waals surface area contributed by atoms with Crippen LogP contribution in [0.2, 0.25) is 0 Å². The number of hydrogen-bond donors (Lipinski definition) is 0. The molecule has 0 aliphatic carbocycles. The number of fused-ring (bicyclic) bond motifs is 1. The number of ether oxygens (including phenoxy) is 2. The van der Waals surface area contributed by atoms with Crippen molar-refractivity contribution in [2.24, 2.45) is 0 Å². The van der Waals surface area contributed by atoms with Gasteiger partial charge in [-0.1, -0.05) is 24.3 Å². The highest BCUT2D eigenvalue weighted by molar-refractivity contribution is 5.96. The van der Waals surface area contributed by atoms with Gasteiger partial charge in [-0.15, -0.1) is 0 Å². The summed E-state index contributed by atoms with van der Waals surface area (Å²) in [6.45, 7) is 12.0. The second-order valence-corrected chi connectivity index (χ2v) is 9.34. The van der Waals surface area contributed by atoms with Crippen molar-refractivity contribution in [3.05, 3.63) is 53.4 Å². The van der Waals surface area contributed by atoms with E-state index in [1.165, 1.54) is 6.92 Å². The largest absolute Gasteiger partial charge is 0.457 e. The maximum atomic E-state index is 13.0. The Morgan fingerprint density at radius 1 is 1.00 bits per heavy atom. The quantitative estimate of drug-likeness (QED) is 0.520. The summed E-state index contributed by atoms with van der Waals surface area (Å²) < 4.78 is 10.9. The second kappa shape index (κ2) is 8.86. The number of Topliss-reactive ketones (excluding diaryl/α,β-unsaturated/α-hetero) is 1. The Balaban J connectivity index is 2.53. The number of benzene rings is 1. The molecule has 1 unspecified atom stereocenters. The van der Waals surface area contributed by atoms with Crippen LogP contribution in [0.5, 0.6) is 0 Å². The summed E-state index contributed by atoms with van der Waals surface area (Å²) in [4.78, 5) is 39.2. The fourth-order valence-electron chi connectivity index (χ4n) is 3.12. The van der Waals surface area contributed by atoms with Crippen LogP contribution >= 0.6 is 0 Å². The molecule has 6 nitrogen and oxygen atoms in total. The van der Waals surface area contributed by atoms with Gasteiger partial charge in [0.1, 0.15) is 22.7 Å². The predicted octanol–water partition coefficient (Wildman–Crippen LogP) is 4.56. The van der Waals surface area contributed by atoms with Gasteiger partial charge in [-0.2, -0.15) is 0 Å². The van der Waals surface area contributed by atoms with E-state index < -0.39 is 29.2 Å². The molecule has 0 saturated heterocycles. The molecule has 162 valence electrons. The molecular formula is C24H31NO5. The third-order valence-corrected chi connectivity index (χ3v) is 4.13. The standard InChI is InChI=1S/C24H31NO5/c1-16(26)14-19-18-11-9-8-10-17(18)12-13-25(19)20(22(28)30-24(5,6)7)15-21(27)29-23(2,3)4/h8-13,15,19H,14H2,1-7H3/b20-15+. The van der Waals surface area contributed by atoms with E-state index in [9.17, 15) is 14.4 Å². The van der Waals surface area contributed by atoms with Crippen LogP contribution in [0.3, 0.4) is 0 Å². The maximum absolute atomic E-state index is 13.0. The van der Waals surface area contributed by atoms with Gasteiger partial charge >= 0.3 is 11.9 Å². The van der Waals surface area contributed by atoms with Gasteiger partial charge in [0, 0.05) is 12.6 Å². The number of esters is 2. The van der Waals surface area contributed by atoms with Crippen LogP contribution in [0, 0.1) is 0 Å². The lowest BCUT2D eigenvalue weighted by atomic mass is 9.92. The smallest absolute Gasteiger partial charge is 0.355 e. The molecule has 0 saturated carbocycles. The van der Waals surface area contributed by atoms with Crippen LogP contribution in [0.25, 0.3) is 6.08 Å². The molecule has 1 atom stereocenters. The van der Waals surface area contributed by atoms with Gasteiger partial charge in [0.05, 0.1) is 12.1 Å². The molecule has 6 heteroatoms. The number of rotatable bonds is 5. The monoisotopic (exact) mass is 413 g/mol. The molecule has 1 aliphatic heterocycles. The average molecular weight is 414 g/mol. The number of carbonyl (C=O) groups excluding carboxylic acids is 3. The molecule has 30 heavy (non-hydrogen) atoms. The van der Waals surface area contributed by atoms with Gasteiger partial charge in [0.2, 0.25) is 0 Å². The van der Waals surface area contributed by atoms with Gasteiger partial charge in [0.15, 0.2) is 0 Å². The van der Waals surface area contributed by atoms with Crippen LogP contribution in [0.1, 0.15) is 72.1 Å². The van der Waals surface area contributed by atoms with E-state index in [2.05, 4.69) is 0 Å². The van der Waals surface area contributed by atoms with Crippen LogP contribution in [0.4, 0.5) is 0 Å². The molecule has 1 aromatic rings. The molecule has 0 fully saturated rings. The maximum Gasteiger partial charge on any atom is 0.355 e. The SMILES string of the molecule is CC(=O)CC1c2ccccc2C=CN1/C(=C/C(=O)OC(C)(C)C)C(=O)OC(C)(C)C. The Labute approximate surface area is 178 Å². The number of hydrogen-bond acceptors (Lipinski definition) is 6. The van der Waals surface area contributed by atoms with Crippen LogP contribution in [-0.4, -0.2) is 33.8 Å². The first-order valence-corrected chi connectivity index (χ1v) is 10.00. The molecule has 0 amide bonds. The highest BCUT2D eigenvalue weighted by Gasteiger charge is 2.33. The minimum atomic E-state index is -0.752. The molecule has 0 bridgehead atoms. The lowest BCUT2D eigenvalue weighted by molar-refractivity contribution is -0.154. The summed E-state index contributed by atoms with van der Waals surface area (Å²) in [5.74, 6) is -1.35. The van der Waals surface area contributed by atoms with Crippen molar-refractivity contribution in [2.45, 2.75) is 72.1 Å². The average Bonchev–Trinajstić information content (AvgIpc) is 2.57. The number of carbonyl (C=O) groups is 3. The Hall–Kier alpha value is -2.89. The lowest BCUT2D eigenvalue weighted by Crippen LogP contribution is -2.35. The zero-order chi connectivity index (χ0) is 22.7. The van der Waals surface area contributed by atoms with E-state index in [4.69, 9.17) is 9.47 Å². The van der Waals surface area contributed by atoms with Crippen molar-refractivity contribution >= 4 is 23.8 Å². The van der Waals surface area contributed by atoms with E-state index in [0.29, 0.717) is 0 Å². The minimum absolute atomic E-state index is 0.0242. The third-order valence-electron chi connectivity index (χ3n) is 4.13. The van der Waals surface area contributed by atoms with Gasteiger partial charge in [-0.05, 0) is 65.7 Å².